The molecule has 0 atom stereocenters. The molecule has 1 saturated carbocycles. The highest BCUT2D eigenvalue weighted by atomic mass is 35.5. The molecule has 0 unspecified atom stereocenters. The summed E-state index contributed by atoms with van der Waals surface area (Å²) < 4.78 is 0. The van der Waals surface area contributed by atoms with Crippen molar-refractivity contribution >= 4 is 46.6 Å². The number of amides is 1. The minimum atomic E-state index is -0.175. The molecule has 8 heteroatoms. The zero-order chi connectivity index (χ0) is 16.9. The maximum absolute atomic E-state index is 12.0. The monoisotopic (exact) mass is 384 g/mol. The number of benzene rings is 1. The summed E-state index contributed by atoms with van der Waals surface area (Å²) in [6, 6.07) is 4.95. The van der Waals surface area contributed by atoms with Crippen LogP contribution in [0.2, 0.25) is 10.0 Å². The maximum Gasteiger partial charge on any atom is 0.234 e. The second-order valence-corrected chi connectivity index (χ2v) is 7.67. The van der Waals surface area contributed by atoms with Gasteiger partial charge in [0, 0.05) is 11.4 Å². The fourth-order valence-corrected chi connectivity index (χ4v) is 3.79. The minimum absolute atomic E-state index is 0.175. The molecule has 1 aromatic carbocycles. The van der Waals surface area contributed by atoms with Gasteiger partial charge in [-0.2, -0.15) is 0 Å². The zero-order valence-corrected chi connectivity index (χ0v) is 15.3. The van der Waals surface area contributed by atoms with Gasteiger partial charge in [0.2, 0.25) is 11.1 Å². The Kier molecular flexibility index (Phi) is 6.03. The van der Waals surface area contributed by atoms with Crippen molar-refractivity contribution in [1.82, 2.24) is 15.2 Å². The van der Waals surface area contributed by atoms with Gasteiger partial charge in [0.15, 0.2) is 0 Å². The van der Waals surface area contributed by atoms with E-state index in [0.717, 1.165) is 12.2 Å². The van der Waals surface area contributed by atoms with Crippen molar-refractivity contribution in [3.8, 4) is 0 Å². The summed E-state index contributed by atoms with van der Waals surface area (Å²) >= 11 is 13.2. The van der Waals surface area contributed by atoms with E-state index in [1.165, 1.54) is 37.4 Å². The van der Waals surface area contributed by atoms with Gasteiger partial charge in [-0.3, -0.25) is 9.89 Å². The number of aromatic nitrogens is 3. The first-order chi connectivity index (χ1) is 11.6. The molecule has 3 rings (SSSR count). The number of hydrogen-bond donors (Lipinski definition) is 2. The Morgan fingerprint density at radius 1 is 1.33 bits per heavy atom. The minimum Gasteiger partial charge on any atom is -0.324 e. The van der Waals surface area contributed by atoms with Crippen molar-refractivity contribution in [2.24, 2.45) is 5.92 Å². The van der Waals surface area contributed by atoms with Crippen LogP contribution in [0.15, 0.2) is 23.4 Å². The Balaban J connectivity index is 1.49. The van der Waals surface area contributed by atoms with Crippen molar-refractivity contribution in [2.45, 2.75) is 37.3 Å². The Hall–Kier alpha value is -1.24. The van der Waals surface area contributed by atoms with E-state index in [1.807, 2.05) is 0 Å². The van der Waals surface area contributed by atoms with E-state index < -0.39 is 0 Å². The van der Waals surface area contributed by atoms with Crippen LogP contribution in [-0.2, 0) is 11.2 Å². The molecule has 5 nitrogen and oxygen atoms in total. The number of halogens is 2. The van der Waals surface area contributed by atoms with E-state index in [0.29, 0.717) is 26.8 Å². The highest BCUT2D eigenvalue weighted by Gasteiger charge is 2.17. The maximum atomic E-state index is 12.0. The van der Waals surface area contributed by atoms with Crippen molar-refractivity contribution in [3.63, 3.8) is 0 Å². The molecule has 2 N–H and O–H groups in total. The Morgan fingerprint density at radius 2 is 2.12 bits per heavy atom. The first-order valence-electron chi connectivity index (χ1n) is 7.89. The summed E-state index contributed by atoms with van der Waals surface area (Å²) in [4.78, 5) is 16.5. The van der Waals surface area contributed by atoms with E-state index >= 15 is 0 Å². The van der Waals surface area contributed by atoms with Gasteiger partial charge >= 0.3 is 0 Å². The molecule has 1 aliphatic carbocycles. The Labute approximate surface area is 154 Å². The van der Waals surface area contributed by atoms with Gasteiger partial charge in [0.1, 0.15) is 5.82 Å². The number of nitrogens with zero attached hydrogens (tertiary/aromatic N) is 2. The van der Waals surface area contributed by atoms with E-state index in [9.17, 15) is 4.79 Å². The van der Waals surface area contributed by atoms with Crippen LogP contribution < -0.4 is 5.32 Å². The zero-order valence-electron chi connectivity index (χ0n) is 13.0. The van der Waals surface area contributed by atoms with Crippen LogP contribution in [0.5, 0.6) is 0 Å². The molecule has 2 aromatic rings. The van der Waals surface area contributed by atoms with E-state index in [1.54, 1.807) is 18.2 Å². The topological polar surface area (TPSA) is 70.7 Å². The SMILES string of the molecule is O=C(CSc1n[nH]c(CC2CCCC2)n1)Nc1cc(Cl)ccc1Cl. The number of aromatic amines is 1. The Bertz CT molecular complexity index is 716. The lowest BCUT2D eigenvalue weighted by molar-refractivity contribution is -0.113. The molecule has 0 radical (unpaired) electrons. The molecular formula is C16H18Cl2N4OS. The number of nitrogens with one attached hydrogen (secondary N) is 2. The molecule has 1 aromatic heterocycles. The standard InChI is InChI=1S/C16H18Cl2N4OS/c17-11-5-6-12(18)13(8-11)19-15(23)9-24-16-20-14(21-22-16)7-10-3-1-2-4-10/h5-6,8,10H,1-4,7,9H2,(H,19,23)(H,20,21,22). The van der Waals surface area contributed by atoms with E-state index in [-0.39, 0.29) is 11.7 Å². The average Bonchev–Trinajstić information content (AvgIpc) is 3.21. The van der Waals surface area contributed by atoms with Crippen LogP contribution in [0, 0.1) is 5.92 Å². The van der Waals surface area contributed by atoms with E-state index in [2.05, 4.69) is 20.5 Å². The van der Waals surface area contributed by atoms with Crippen LogP contribution in [0.3, 0.4) is 0 Å². The normalized spacial score (nSPS) is 14.9. The largest absolute Gasteiger partial charge is 0.324 e. The number of thioether (sulfide) groups is 1. The number of carbonyl (C=O) groups excluding carboxylic acids is 1. The van der Waals surface area contributed by atoms with Gasteiger partial charge in [-0.1, -0.05) is 60.6 Å². The lowest BCUT2D eigenvalue weighted by atomic mass is 10.0. The summed E-state index contributed by atoms with van der Waals surface area (Å²) in [7, 11) is 0. The van der Waals surface area contributed by atoms with Gasteiger partial charge in [-0.25, -0.2) is 4.98 Å². The lowest BCUT2D eigenvalue weighted by Gasteiger charge is -2.06. The second kappa shape index (κ2) is 8.23. The van der Waals surface area contributed by atoms with Crippen LogP contribution in [0.4, 0.5) is 5.69 Å². The molecule has 1 aliphatic rings. The molecule has 0 aliphatic heterocycles. The van der Waals surface area contributed by atoms with E-state index in [4.69, 9.17) is 23.2 Å². The predicted molar refractivity (Wildman–Crippen MR) is 97.9 cm³/mol. The van der Waals surface area contributed by atoms with Crippen molar-refractivity contribution < 1.29 is 4.79 Å². The van der Waals surface area contributed by atoms with Crippen molar-refractivity contribution in [3.05, 3.63) is 34.1 Å². The summed E-state index contributed by atoms with van der Waals surface area (Å²) in [6.07, 6.45) is 6.11. The highest BCUT2D eigenvalue weighted by molar-refractivity contribution is 7.99. The van der Waals surface area contributed by atoms with Crippen LogP contribution in [0.25, 0.3) is 0 Å². The van der Waals surface area contributed by atoms with Gasteiger partial charge in [0.25, 0.3) is 0 Å². The molecule has 0 bridgehead atoms. The average molecular weight is 385 g/mol. The number of carbonyl (C=O) groups is 1. The highest BCUT2D eigenvalue weighted by Crippen LogP contribution is 2.28. The van der Waals surface area contributed by atoms with Gasteiger partial charge in [-0.15, -0.1) is 5.10 Å². The second-order valence-electron chi connectivity index (χ2n) is 5.88. The first-order valence-corrected chi connectivity index (χ1v) is 9.63. The quantitative estimate of drug-likeness (QED) is 0.715. The third-order valence-electron chi connectivity index (χ3n) is 4.00. The third kappa shape index (κ3) is 4.88. The summed E-state index contributed by atoms with van der Waals surface area (Å²) in [5.74, 6) is 1.65. The predicted octanol–water partition coefficient (Wildman–Crippen LogP) is 4.58. The summed E-state index contributed by atoms with van der Waals surface area (Å²) in [6.45, 7) is 0. The molecule has 24 heavy (non-hydrogen) atoms. The third-order valence-corrected chi connectivity index (χ3v) is 5.41. The molecule has 1 amide bonds. The number of H-pyrrole nitrogens is 1. The number of rotatable bonds is 6. The van der Waals surface area contributed by atoms with Gasteiger partial charge < -0.3 is 5.32 Å². The summed E-state index contributed by atoms with van der Waals surface area (Å²) in [5.41, 5.74) is 0.506. The molecule has 128 valence electrons. The van der Waals surface area contributed by atoms with Crippen molar-refractivity contribution in [1.29, 1.82) is 0 Å². The molecular weight excluding hydrogens is 367 g/mol. The number of hydrogen-bond acceptors (Lipinski definition) is 4. The van der Waals surface area contributed by atoms with Crippen LogP contribution in [-0.4, -0.2) is 26.8 Å². The van der Waals surface area contributed by atoms with Crippen LogP contribution in [0.1, 0.15) is 31.5 Å². The molecule has 0 spiro atoms. The Morgan fingerprint density at radius 3 is 2.92 bits per heavy atom. The van der Waals surface area contributed by atoms with Crippen LogP contribution >= 0.6 is 35.0 Å². The smallest absolute Gasteiger partial charge is 0.234 e. The first kappa shape index (κ1) is 17.6. The fourth-order valence-electron chi connectivity index (χ4n) is 2.83. The summed E-state index contributed by atoms with van der Waals surface area (Å²) in [5, 5.41) is 11.5. The molecule has 1 heterocycles. The molecule has 0 saturated heterocycles. The van der Waals surface area contributed by atoms with Gasteiger partial charge in [0.05, 0.1) is 16.5 Å². The fraction of sp³-hybridized carbons (Fsp3) is 0.438. The molecule has 1 fully saturated rings. The number of anilines is 1. The van der Waals surface area contributed by atoms with Crippen molar-refractivity contribution in [2.75, 3.05) is 11.1 Å². The lowest BCUT2D eigenvalue weighted by Crippen LogP contribution is -2.14. The van der Waals surface area contributed by atoms with Gasteiger partial charge in [-0.05, 0) is 24.1 Å².